The number of aliphatic hydroxyl groups is 1. The molecule has 88 valence electrons. The van der Waals surface area contributed by atoms with E-state index in [1.807, 2.05) is 0 Å². The van der Waals surface area contributed by atoms with Crippen molar-refractivity contribution >= 4 is 23.2 Å². The Labute approximate surface area is 99.0 Å². The van der Waals surface area contributed by atoms with Crippen LogP contribution in [0, 0.1) is 0 Å². The summed E-state index contributed by atoms with van der Waals surface area (Å²) < 4.78 is 0. The molecule has 0 aromatic carbocycles. The molecule has 1 aliphatic carbocycles. The van der Waals surface area contributed by atoms with Gasteiger partial charge in [-0.2, -0.15) is 0 Å². The van der Waals surface area contributed by atoms with Crippen LogP contribution in [0.1, 0.15) is 25.7 Å². The molecule has 6 heteroatoms. The van der Waals surface area contributed by atoms with Gasteiger partial charge in [0.2, 0.25) is 0 Å². The molecule has 0 spiro atoms. The zero-order valence-corrected chi connectivity index (χ0v) is 9.67. The molecule has 5 nitrogen and oxygen atoms in total. The predicted molar refractivity (Wildman–Crippen MR) is 63.4 cm³/mol. The number of nitrogens with one attached hydrogen (secondary N) is 1. The van der Waals surface area contributed by atoms with E-state index in [4.69, 9.17) is 17.3 Å². The van der Waals surface area contributed by atoms with Gasteiger partial charge in [0.05, 0.1) is 12.1 Å². The molecule has 0 aliphatic heterocycles. The van der Waals surface area contributed by atoms with Crippen molar-refractivity contribution in [1.82, 2.24) is 9.97 Å². The largest absolute Gasteiger partial charge is 0.394 e. The van der Waals surface area contributed by atoms with Crippen molar-refractivity contribution < 1.29 is 5.11 Å². The number of aromatic nitrogens is 2. The van der Waals surface area contributed by atoms with Gasteiger partial charge in [0.25, 0.3) is 0 Å². The lowest BCUT2D eigenvalue weighted by molar-refractivity contribution is 0.214. The molecule has 0 bridgehead atoms. The van der Waals surface area contributed by atoms with Crippen LogP contribution in [0.15, 0.2) is 6.33 Å². The van der Waals surface area contributed by atoms with Crippen molar-refractivity contribution in [2.45, 2.75) is 31.2 Å². The standard InChI is InChI=1S/C10H15ClN4O/c11-7-8(12)13-6-14-9(7)15-10(5-16)3-1-2-4-10/h6,16H,1-5H2,(H3,12,13,14,15). The van der Waals surface area contributed by atoms with Crippen LogP contribution >= 0.6 is 11.6 Å². The third kappa shape index (κ3) is 2.05. The van der Waals surface area contributed by atoms with E-state index in [0.29, 0.717) is 10.8 Å². The number of hydrogen-bond acceptors (Lipinski definition) is 5. The molecule has 1 fully saturated rings. The first-order valence-electron chi connectivity index (χ1n) is 5.32. The van der Waals surface area contributed by atoms with Crippen LogP contribution in [0.5, 0.6) is 0 Å². The summed E-state index contributed by atoms with van der Waals surface area (Å²) in [5.74, 6) is 0.760. The lowest BCUT2D eigenvalue weighted by atomic mass is 9.99. The first-order chi connectivity index (χ1) is 7.67. The minimum Gasteiger partial charge on any atom is -0.394 e. The zero-order chi connectivity index (χ0) is 11.6. The molecule has 1 aromatic heterocycles. The van der Waals surface area contributed by atoms with Crippen LogP contribution in [-0.4, -0.2) is 27.2 Å². The number of anilines is 2. The SMILES string of the molecule is Nc1ncnc(NC2(CO)CCCC2)c1Cl. The highest BCUT2D eigenvalue weighted by Gasteiger charge is 2.34. The zero-order valence-electron chi connectivity index (χ0n) is 8.91. The van der Waals surface area contributed by atoms with Gasteiger partial charge in [0, 0.05) is 0 Å². The average molecular weight is 243 g/mol. The minimum absolute atomic E-state index is 0.0766. The Hall–Kier alpha value is -1.07. The first-order valence-corrected chi connectivity index (χ1v) is 5.70. The maximum absolute atomic E-state index is 9.46. The van der Waals surface area contributed by atoms with E-state index in [0.717, 1.165) is 25.7 Å². The maximum atomic E-state index is 9.46. The first kappa shape index (κ1) is 11.4. The van der Waals surface area contributed by atoms with Gasteiger partial charge >= 0.3 is 0 Å². The van der Waals surface area contributed by atoms with Crippen LogP contribution in [0.25, 0.3) is 0 Å². The molecule has 1 aromatic rings. The number of nitrogen functional groups attached to an aromatic ring is 1. The van der Waals surface area contributed by atoms with Crippen molar-refractivity contribution in [3.05, 3.63) is 11.3 Å². The van der Waals surface area contributed by atoms with Gasteiger partial charge in [-0.3, -0.25) is 0 Å². The topological polar surface area (TPSA) is 84.1 Å². The smallest absolute Gasteiger partial charge is 0.150 e. The molecule has 0 amide bonds. The lowest BCUT2D eigenvalue weighted by Gasteiger charge is -2.28. The van der Waals surface area contributed by atoms with Crippen LogP contribution < -0.4 is 11.1 Å². The van der Waals surface area contributed by atoms with Crippen LogP contribution in [0.3, 0.4) is 0 Å². The number of aliphatic hydroxyl groups excluding tert-OH is 1. The minimum atomic E-state index is -0.301. The summed E-state index contributed by atoms with van der Waals surface area (Å²) in [6.45, 7) is 0.0766. The molecular formula is C10H15ClN4O. The van der Waals surface area contributed by atoms with Crippen molar-refractivity contribution in [1.29, 1.82) is 0 Å². The molecule has 1 aliphatic rings. The third-order valence-electron chi connectivity index (χ3n) is 3.06. The number of nitrogens with zero attached hydrogens (tertiary/aromatic N) is 2. The Morgan fingerprint density at radius 1 is 1.44 bits per heavy atom. The highest BCUT2D eigenvalue weighted by molar-refractivity contribution is 6.35. The fourth-order valence-corrected chi connectivity index (χ4v) is 2.24. The molecule has 0 radical (unpaired) electrons. The molecule has 0 saturated heterocycles. The van der Waals surface area contributed by atoms with Gasteiger partial charge in [-0.15, -0.1) is 0 Å². The second kappa shape index (κ2) is 4.43. The van der Waals surface area contributed by atoms with E-state index >= 15 is 0 Å². The second-order valence-electron chi connectivity index (χ2n) is 4.19. The second-order valence-corrected chi connectivity index (χ2v) is 4.57. The van der Waals surface area contributed by atoms with Gasteiger partial charge in [-0.1, -0.05) is 24.4 Å². The molecule has 16 heavy (non-hydrogen) atoms. The van der Waals surface area contributed by atoms with Crippen LogP contribution in [0.4, 0.5) is 11.6 Å². The molecule has 0 atom stereocenters. The number of nitrogens with two attached hydrogens (primary N) is 1. The van der Waals surface area contributed by atoms with Gasteiger partial charge in [-0.25, -0.2) is 9.97 Å². The number of hydrogen-bond donors (Lipinski definition) is 3. The van der Waals surface area contributed by atoms with E-state index in [9.17, 15) is 5.11 Å². The maximum Gasteiger partial charge on any atom is 0.150 e. The molecule has 1 heterocycles. The summed E-state index contributed by atoms with van der Waals surface area (Å²) in [7, 11) is 0. The fourth-order valence-electron chi connectivity index (χ4n) is 2.10. The van der Waals surface area contributed by atoms with E-state index in [2.05, 4.69) is 15.3 Å². The highest BCUT2D eigenvalue weighted by Crippen LogP contribution is 2.34. The van der Waals surface area contributed by atoms with Crippen molar-refractivity contribution in [2.24, 2.45) is 0 Å². The Bertz CT molecular complexity index is 379. The van der Waals surface area contributed by atoms with Gasteiger partial charge < -0.3 is 16.2 Å². The Balaban J connectivity index is 2.22. The number of halogens is 1. The monoisotopic (exact) mass is 242 g/mol. The van der Waals surface area contributed by atoms with Gasteiger partial charge in [0.1, 0.15) is 17.2 Å². The van der Waals surface area contributed by atoms with Crippen LogP contribution in [0.2, 0.25) is 5.02 Å². The Morgan fingerprint density at radius 2 is 2.12 bits per heavy atom. The summed E-state index contributed by atoms with van der Waals surface area (Å²) in [6.07, 6.45) is 5.41. The number of rotatable bonds is 3. The predicted octanol–water partition coefficient (Wildman–Crippen LogP) is 1.43. The lowest BCUT2D eigenvalue weighted by Crippen LogP contribution is -2.39. The third-order valence-corrected chi connectivity index (χ3v) is 3.44. The molecule has 2 rings (SSSR count). The van der Waals surface area contributed by atoms with E-state index in [1.54, 1.807) is 0 Å². The summed E-state index contributed by atoms with van der Waals surface area (Å²) in [4.78, 5) is 7.85. The normalized spacial score (nSPS) is 18.6. The Kier molecular flexibility index (Phi) is 3.16. The molecule has 1 saturated carbocycles. The van der Waals surface area contributed by atoms with E-state index in [-0.39, 0.29) is 18.0 Å². The summed E-state index contributed by atoms with van der Waals surface area (Å²) in [5.41, 5.74) is 5.29. The Morgan fingerprint density at radius 3 is 2.75 bits per heavy atom. The highest BCUT2D eigenvalue weighted by atomic mass is 35.5. The van der Waals surface area contributed by atoms with Gasteiger partial charge in [0.15, 0.2) is 5.82 Å². The molecular weight excluding hydrogens is 228 g/mol. The van der Waals surface area contributed by atoms with Crippen molar-refractivity contribution in [3.8, 4) is 0 Å². The van der Waals surface area contributed by atoms with E-state index < -0.39 is 0 Å². The summed E-state index contributed by atoms with van der Waals surface area (Å²) >= 11 is 6.00. The van der Waals surface area contributed by atoms with Crippen molar-refractivity contribution in [2.75, 3.05) is 17.7 Å². The van der Waals surface area contributed by atoms with E-state index in [1.165, 1.54) is 6.33 Å². The average Bonchev–Trinajstić information content (AvgIpc) is 2.74. The fraction of sp³-hybridized carbons (Fsp3) is 0.600. The van der Waals surface area contributed by atoms with Gasteiger partial charge in [-0.05, 0) is 12.8 Å². The van der Waals surface area contributed by atoms with Crippen LogP contribution in [-0.2, 0) is 0 Å². The quantitative estimate of drug-likeness (QED) is 0.747. The summed E-state index contributed by atoms with van der Waals surface area (Å²) in [5, 5.41) is 13.0. The molecule has 0 unspecified atom stereocenters. The van der Waals surface area contributed by atoms with Crippen molar-refractivity contribution in [3.63, 3.8) is 0 Å². The summed E-state index contributed by atoms with van der Waals surface area (Å²) in [6, 6.07) is 0. The molecule has 4 N–H and O–H groups in total.